The van der Waals surface area contributed by atoms with Crippen molar-refractivity contribution in [3.63, 3.8) is 0 Å². The van der Waals surface area contributed by atoms with E-state index < -0.39 is 0 Å². The molecular formula is C17H25N5. The molecule has 0 bridgehead atoms. The predicted molar refractivity (Wildman–Crippen MR) is 87.9 cm³/mol. The zero-order chi connectivity index (χ0) is 15.7. The van der Waals surface area contributed by atoms with Crippen LogP contribution >= 0.6 is 0 Å². The molecule has 1 saturated heterocycles. The SMILES string of the molecule is Cc1nn(-c2ccccn2)c(C)c1CN1CCC(C(C)N)C1. The predicted octanol–water partition coefficient (Wildman–Crippen LogP) is 2.05. The van der Waals surface area contributed by atoms with Crippen molar-refractivity contribution in [1.82, 2.24) is 19.7 Å². The summed E-state index contributed by atoms with van der Waals surface area (Å²) in [6, 6.07) is 6.19. The Labute approximate surface area is 132 Å². The van der Waals surface area contributed by atoms with Crippen molar-refractivity contribution < 1.29 is 0 Å². The average Bonchev–Trinajstić information content (AvgIpc) is 3.09. The lowest BCUT2D eigenvalue weighted by Gasteiger charge is -2.18. The van der Waals surface area contributed by atoms with Crippen molar-refractivity contribution >= 4 is 0 Å². The Morgan fingerprint density at radius 2 is 2.18 bits per heavy atom. The monoisotopic (exact) mass is 299 g/mol. The van der Waals surface area contributed by atoms with Gasteiger partial charge in [-0.25, -0.2) is 9.67 Å². The third kappa shape index (κ3) is 2.91. The molecule has 2 aromatic heterocycles. The molecule has 0 aromatic carbocycles. The lowest BCUT2D eigenvalue weighted by atomic mass is 10.0. The molecule has 0 aliphatic carbocycles. The third-order valence-electron chi connectivity index (χ3n) is 4.74. The first-order valence-corrected chi connectivity index (χ1v) is 8.00. The number of aromatic nitrogens is 3. The van der Waals surface area contributed by atoms with Crippen molar-refractivity contribution in [3.05, 3.63) is 41.3 Å². The summed E-state index contributed by atoms with van der Waals surface area (Å²) in [6.45, 7) is 9.49. The summed E-state index contributed by atoms with van der Waals surface area (Å²) in [7, 11) is 0. The number of rotatable bonds is 4. The summed E-state index contributed by atoms with van der Waals surface area (Å²) < 4.78 is 1.95. The lowest BCUT2D eigenvalue weighted by Crippen LogP contribution is -2.29. The fourth-order valence-corrected chi connectivity index (χ4v) is 3.26. The van der Waals surface area contributed by atoms with Crippen LogP contribution in [0.15, 0.2) is 24.4 Å². The maximum absolute atomic E-state index is 6.04. The topological polar surface area (TPSA) is 60.0 Å². The fraction of sp³-hybridized carbons (Fsp3) is 0.529. The quantitative estimate of drug-likeness (QED) is 0.938. The van der Waals surface area contributed by atoms with Gasteiger partial charge in [0.1, 0.15) is 0 Å². The van der Waals surface area contributed by atoms with Crippen LogP contribution in [0.2, 0.25) is 0 Å². The normalized spacial score (nSPS) is 20.5. The highest BCUT2D eigenvalue weighted by Crippen LogP contribution is 2.24. The first-order valence-electron chi connectivity index (χ1n) is 8.00. The third-order valence-corrected chi connectivity index (χ3v) is 4.74. The highest BCUT2D eigenvalue weighted by atomic mass is 15.3. The second-order valence-corrected chi connectivity index (χ2v) is 6.39. The summed E-state index contributed by atoms with van der Waals surface area (Å²) in [5.41, 5.74) is 9.63. The number of pyridine rings is 1. The number of aryl methyl sites for hydroxylation is 1. The van der Waals surface area contributed by atoms with Gasteiger partial charge in [-0.2, -0.15) is 5.10 Å². The zero-order valence-electron chi connectivity index (χ0n) is 13.7. The van der Waals surface area contributed by atoms with Gasteiger partial charge in [0.2, 0.25) is 0 Å². The van der Waals surface area contributed by atoms with Gasteiger partial charge in [0, 0.05) is 36.6 Å². The molecule has 3 rings (SSSR count). The number of likely N-dealkylation sites (tertiary alicyclic amines) is 1. The Morgan fingerprint density at radius 3 is 2.82 bits per heavy atom. The van der Waals surface area contributed by atoms with Crippen LogP contribution in [0.1, 0.15) is 30.3 Å². The lowest BCUT2D eigenvalue weighted by molar-refractivity contribution is 0.307. The smallest absolute Gasteiger partial charge is 0.153 e. The molecule has 3 heterocycles. The van der Waals surface area contributed by atoms with Crippen LogP contribution in [0.5, 0.6) is 0 Å². The highest BCUT2D eigenvalue weighted by molar-refractivity contribution is 5.32. The molecule has 118 valence electrons. The molecule has 2 N–H and O–H groups in total. The zero-order valence-corrected chi connectivity index (χ0v) is 13.7. The maximum Gasteiger partial charge on any atom is 0.153 e. The second-order valence-electron chi connectivity index (χ2n) is 6.39. The van der Waals surface area contributed by atoms with Crippen molar-refractivity contribution in [2.75, 3.05) is 13.1 Å². The molecular weight excluding hydrogens is 274 g/mol. The number of nitrogens with two attached hydrogens (primary N) is 1. The van der Waals surface area contributed by atoms with E-state index in [0.717, 1.165) is 31.1 Å². The van der Waals surface area contributed by atoms with Crippen molar-refractivity contribution in [2.24, 2.45) is 11.7 Å². The van der Waals surface area contributed by atoms with E-state index in [4.69, 9.17) is 5.73 Å². The molecule has 2 unspecified atom stereocenters. The molecule has 0 spiro atoms. The van der Waals surface area contributed by atoms with E-state index in [1.807, 2.05) is 22.9 Å². The molecule has 2 atom stereocenters. The van der Waals surface area contributed by atoms with Gasteiger partial charge in [-0.3, -0.25) is 4.90 Å². The van der Waals surface area contributed by atoms with Gasteiger partial charge in [0.15, 0.2) is 5.82 Å². The molecule has 1 aliphatic rings. The van der Waals surface area contributed by atoms with Crippen molar-refractivity contribution in [1.29, 1.82) is 0 Å². The van der Waals surface area contributed by atoms with Crippen LogP contribution < -0.4 is 5.73 Å². The van der Waals surface area contributed by atoms with Gasteiger partial charge in [-0.05, 0) is 51.8 Å². The maximum atomic E-state index is 6.04. The standard InChI is InChI=1S/C17H25N5/c1-12(18)15-7-9-21(10-15)11-16-13(2)20-22(14(16)3)17-6-4-5-8-19-17/h4-6,8,12,15H,7,9-11,18H2,1-3H3. The minimum atomic E-state index is 0.281. The summed E-state index contributed by atoms with van der Waals surface area (Å²) >= 11 is 0. The van der Waals surface area contributed by atoms with Crippen LogP contribution in [-0.2, 0) is 6.54 Å². The highest BCUT2D eigenvalue weighted by Gasteiger charge is 2.26. The van der Waals surface area contributed by atoms with Gasteiger partial charge in [-0.15, -0.1) is 0 Å². The van der Waals surface area contributed by atoms with Gasteiger partial charge < -0.3 is 5.73 Å². The van der Waals surface area contributed by atoms with Crippen LogP contribution in [-0.4, -0.2) is 38.8 Å². The Bertz CT molecular complexity index is 632. The van der Waals surface area contributed by atoms with Crippen LogP contribution in [0.25, 0.3) is 5.82 Å². The summed E-state index contributed by atoms with van der Waals surface area (Å²) in [6.07, 6.45) is 3.00. The number of nitrogens with zero attached hydrogens (tertiary/aromatic N) is 4. The van der Waals surface area contributed by atoms with E-state index >= 15 is 0 Å². The molecule has 5 nitrogen and oxygen atoms in total. The molecule has 1 aliphatic heterocycles. The van der Waals surface area contributed by atoms with E-state index in [-0.39, 0.29) is 6.04 Å². The van der Waals surface area contributed by atoms with Crippen molar-refractivity contribution in [2.45, 2.75) is 39.8 Å². The first kappa shape index (κ1) is 15.2. The number of hydrogen-bond donors (Lipinski definition) is 1. The minimum absolute atomic E-state index is 0.281. The van der Waals surface area contributed by atoms with Crippen LogP contribution in [0.3, 0.4) is 0 Å². The first-order chi connectivity index (χ1) is 10.6. The molecule has 22 heavy (non-hydrogen) atoms. The Hall–Kier alpha value is -1.72. The number of hydrogen-bond acceptors (Lipinski definition) is 4. The largest absolute Gasteiger partial charge is 0.328 e. The molecule has 2 aromatic rings. The van der Waals surface area contributed by atoms with E-state index in [2.05, 4.69) is 35.8 Å². The van der Waals surface area contributed by atoms with Gasteiger partial charge in [0.25, 0.3) is 0 Å². The summed E-state index contributed by atoms with van der Waals surface area (Å²) in [5.74, 6) is 1.50. The molecule has 0 saturated carbocycles. The molecule has 1 fully saturated rings. The summed E-state index contributed by atoms with van der Waals surface area (Å²) in [4.78, 5) is 6.90. The van der Waals surface area contributed by atoms with E-state index in [1.54, 1.807) is 6.20 Å². The Morgan fingerprint density at radius 1 is 1.36 bits per heavy atom. The summed E-state index contributed by atoms with van der Waals surface area (Å²) in [5, 5.41) is 4.68. The van der Waals surface area contributed by atoms with E-state index in [9.17, 15) is 0 Å². The van der Waals surface area contributed by atoms with Gasteiger partial charge >= 0.3 is 0 Å². The van der Waals surface area contributed by atoms with Gasteiger partial charge in [-0.1, -0.05) is 6.07 Å². The molecule has 0 amide bonds. The second kappa shape index (κ2) is 6.18. The Balaban J connectivity index is 1.80. The van der Waals surface area contributed by atoms with Crippen LogP contribution in [0.4, 0.5) is 0 Å². The Kier molecular flexibility index (Phi) is 4.27. The molecule has 0 radical (unpaired) electrons. The van der Waals surface area contributed by atoms with Crippen LogP contribution in [0, 0.1) is 19.8 Å². The van der Waals surface area contributed by atoms with Gasteiger partial charge in [0.05, 0.1) is 5.69 Å². The van der Waals surface area contributed by atoms with Crippen molar-refractivity contribution in [3.8, 4) is 5.82 Å². The fourth-order valence-electron chi connectivity index (χ4n) is 3.26. The minimum Gasteiger partial charge on any atom is -0.328 e. The van der Waals surface area contributed by atoms with E-state index in [1.165, 1.54) is 17.7 Å². The molecule has 5 heteroatoms. The van der Waals surface area contributed by atoms with E-state index in [0.29, 0.717) is 5.92 Å². The average molecular weight is 299 g/mol.